The highest BCUT2D eigenvalue weighted by Crippen LogP contribution is 2.33. The molecule has 0 fully saturated rings. The van der Waals surface area contributed by atoms with Crippen LogP contribution in [-0.2, 0) is 13.1 Å². The molecule has 0 bridgehead atoms. The van der Waals surface area contributed by atoms with Gasteiger partial charge in [-0.25, -0.2) is 4.99 Å². The molecule has 0 aliphatic carbocycles. The maximum Gasteiger partial charge on any atom is 0.231 e. The second-order valence-electron chi connectivity index (χ2n) is 6.18. The number of hydrogen-bond acceptors (Lipinski definition) is 5. The third-order valence-electron chi connectivity index (χ3n) is 4.25. The van der Waals surface area contributed by atoms with E-state index in [-0.39, 0.29) is 36.5 Å². The third-order valence-corrected chi connectivity index (χ3v) is 4.25. The van der Waals surface area contributed by atoms with Crippen molar-refractivity contribution in [2.24, 2.45) is 4.99 Å². The van der Waals surface area contributed by atoms with Gasteiger partial charge < -0.3 is 29.5 Å². The lowest BCUT2D eigenvalue weighted by molar-refractivity contribution is 0.174. The first-order chi connectivity index (χ1) is 13.1. The Labute approximate surface area is 182 Å². The van der Waals surface area contributed by atoms with Crippen molar-refractivity contribution in [3.63, 3.8) is 0 Å². The normalized spacial score (nSPS) is 12.3. The lowest BCUT2D eigenvalue weighted by Crippen LogP contribution is -2.38. The second-order valence-corrected chi connectivity index (χ2v) is 6.18. The van der Waals surface area contributed by atoms with Crippen LogP contribution in [0.5, 0.6) is 23.0 Å². The Kier molecular flexibility index (Phi) is 8.04. The molecule has 0 amide bonds. The number of aromatic hydroxyl groups is 1. The average Bonchev–Trinajstić information content (AvgIpc) is 3.14. The van der Waals surface area contributed by atoms with Crippen molar-refractivity contribution in [1.82, 2.24) is 10.2 Å². The van der Waals surface area contributed by atoms with Crippen LogP contribution in [0.2, 0.25) is 0 Å². The molecule has 0 radical (unpaired) electrons. The van der Waals surface area contributed by atoms with Gasteiger partial charge in [0.2, 0.25) is 6.79 Å². The molecule has 2 aromatic rings. The molecule has 0 saturated carbocycles. The van der Waals surface area contributed by atoms with Crippen molar-refractivity contribution < 1.29 is 19.3 Å². The lowest BCUT2D eigenvalue weighted by Gasteiger charge is -2.22. The van der Waals surface area contributed by atoms with Gasteiger partial charge in [-0.3, -0.25) is 0 Å². The summed E-state index contributed by atoms with van der Waals surface area (Å²) in [6, 6.07) is 11.3. The Morgan fingerprint density at radius 3 is 2.79 bits per heavy atom. The van der Waals surface area contributed by atoms with Gasteiger partial charge in [0.05, 0.1) is 13.7 Å². The molecule has 0 spiro atoms. The highest BCUT2D eigenvalue weighted by molar-refractivity contribution is 14.0. The zero-order valence-electron chi connectivity index (χ0n) is 16.3. The number of hydrogen-bond donors (Lipinski definition) is 2. The minimum atomic E-state index is 0. The summed E-state index contributed by atoms with van der Waals surface area (Å²) in [5.41, 5.74) is 1.80. The van der Waals surface area contributed by atoms with E-state index in [0.29, 0.717) is 24.4 Å². The lowest BCUT2D eigenvalue weighted by atomic mass is 10.2. The monoisotopic (exact) mass is 499 g/mol. The molecular weight excluding hydrogens is 473 g/mol. The number of methoxy groups -OCH3 is 1. The minimum Gasteiger partial charge on any atom is -0.504 e. The van der Waals surface area contributed by atoms with E-state index in [1.54, 1.807) is 6.07 Å². The zero-order chi connectivity index (χ0) is 19.2. The number of guanidine groups is 1. The fraction of sp³-hybridized carbons (Fsp3) is 0.350. The number of halogens is 1. The van der Waals surface area contributed by atoms with E-state index in [2.05, 4.69) is 10.3 Å². The van der Waals surface area contributed by atoms with Gasteiger partial charge in [-0.1, -0.05) is 18.2 Å². The first-order valence-corrected chi connectivity index (χ1v) is 8.85. The number of benzene rings is 2. The molecule has 2 N–H and O–H groups in total. The molecule has 1 aliphatic rings. The molecule has 1 aliphatic heterocycles. The van der Waals surface area contributed by atoms with E-state index in [4.69, 9.17) is 14.2 Å². The summed E-state index contributed by atoms with van der Waals surface area (Å²) in [6.07, 6.45) is 0. The molecule has 1 heterocycles. The summed E-state index contributed by atoms with van der Waals surface area (Å²) in [5.74, 6) is 2.86. The molecule has 2 aromatic carbocycles. The number of para-hydroxylation sites is 1. The fourth-order valence-corrected chi connectivity index (χ4v) is 2.88. The number of fused-ring (bicyclic) bond motifs is 1. The second kappa shape index (κ2) is 10.3. The molecule has 28 heavy (non-hydrogen) atoms. The van der Waals surface area contributed by atoms with E-state index in [1.807, 2.05) is 49.2 Å². The number of ether oxygens (including phenoxy) is 3. The third kappa shape index (κ3) is 5.12. The largest absolute Gasteiger partial charge is 0.504 e. The van der Waals surface area contributed by atoms with Gasteiger partial charge in [0.1, 0.15) is 0 Å². The van der Waals surface area contributed by atoms with Crippen molar-refractivity contribution in [2.75, 3.05) is 27.5 Å². The van der Waals surface area contributed by atoms with Gasteiger partial charge in [0.15, 0.2) is 29.0 Å². The first kappa shape index (κ1) is 21.9. The summed E-state index contributed by atoms with van der Waals surface area (Å²) in [7, 11) is 3.50. The van der Waals surface area contributed by atoms with Gasteiger partial charge in [-0.2, -0.15) is 0 Å². The number of aliphatic imine (C=N–C) groups is 1. The SMILES string of the molecule is CCNC(=NCc1cccc(OC)c1O)N(C)Cc1ccc2c(c1)OCO2.I. The average molecular weight is 499 g/mol. The highest BCUT2D eigenvalue weighted by Gasteiger charge is 2.15. The van der Waals surface area contributed by atoms with Crippen LogP contribution in [0.25, 0.3) is 0 Å². The standard InChI is InChI=1S/C20H25N3O4.HI/c1-4-21-20(22-11-15-6-5-7-17(25-3)19(15)24)23(2)12-14-8-9-16-18(10-14)27-13-26-16;/h5-10,24H,4,11-13H2,1-3H3,(H,21,22);1H. The topological polar surface area (TPSA) is 75.6 Å². The smallest absolute Gasteiger partial charge is 0.231 e. The number of nitrogens with one attached hydrogen (secondary N) is 1. The molecular formula is C20H26IN3O4. The minimum absolute atomic E-state index is 0. The van der Waals surface area contributed by atoms with Gasteiger partial charge >= 0.3 is 0 Å². The highest BCUT2D eigenvalue weighted by atomic mass is 127. The number of nitrogens with zero attached hydrogens (tertiary/aromatic N) is 2. The maximum absolute atomic E-state index is 10.2. The fourth-order valence-electron chi connectivity index (χ4n) is 2.88. The van der Waals surface area contributed by atoms with Crippen LogP contribution in [0.15, 0.2) is 41.4 Å². The number of rotatable bonds is 6. The summed E-state index contributed by atoms with van der Waals surface area (Å²) < 4.78 is 16.0. The first-order valence-electron chi connectivity index (χ1n) is 8.85. The van der Waals surface area contributed by atoms with Crippen molar-refractivity contribution in [3.8, 4) is 23.0 Å². The van der Waals surface area contributed by atoms with Crippen molar-refractivity contribution in [1.29, 1.82) is 0 Å². The van der Waals surface area contributed by atoms with Crippen LogP contribution in [0, 0.1) is 0 Å². The van der Waals surface area contributed by atoms with Crippen LogP contribution < -0.4 is 19.5 Å². The van der Waals surface area contributed by atoms with Crippen LogP contribution >= 0.6 is 24.0 Å². The Hall–Kier alpha value is -2.36. The van der Waals surface area contributed by atoms with E-state index in [0.717, 1.165) is 29.6 Å². The molecule has 0 unspecified atom stereocenters. The van der Waals surface area contributed by atoms with E-state index >= 15 is 0 Å². The quantitative estimate of drug-likeness (QED) is 0.361. The predicted octanol–water partition coefficient (Wildman–Crippen LogP) is 3.35. The van der Waals surface area contributed by atoms with Gasteiger partial charge in [0.25, 0.3) is 0 Å². The maximum atomic E-state index is 10.2. The molecule has 3 rings (SSSR count). The Morgan fingerprint density at radius 2 is 2.04 bits per heavy atom. The molecule has 0 aromatic heterocycles. The van der Waals surface area contributed by atoms with Crippen molar-refractivity contribution in [3.05, 3.63) is 47.5 Å². The summed E-state index contributed by atoms with van der Waals surface area (Å²) in [4.78, 5) is 6.67. The Bertz CT molecular complexity index is 829. The van der Waals surface area contributed by atoms with Gasteiger partial charge in [-0.15, -0.1) is 24.0 Å². The van der Waals surface area contributed by atoms with Crippen LogP contribution in [0.1, 0.15) is 18.1 Å². The van der Waals surface area contributed by atoms with Gasteiger partial charge in [-0.05, 0) is 30.7 Å². The van der Waals surface area contributed by atoms with Crippen LogP contribution in [0.3, 0.4) is 0 Å². The molecule has 7 nitrogen and oxygen atoms in total. The van der Waals surface area contributed by atoms with Crippen LogP contribution in [0.4, 0.5) is 0 Å². The summed E-state index contributed by atoms with van der Waals surface area (Å²) in [5, 5.41) is 13.5. The van der Waals surface area contributed by atoms with Gasteiger partial charge in [0, 0.05) is 25.7 Å². The number of phenolic OH excluding ortho intramolecular Hbond substituents is 1. The molecule has 152 valence electrons. The zero-order valence-corrected chi connectivity index (χ0v) is 18.6. The van der Waals surface area contributed by atoms with Crippen LogP contribution in [-0.4, -0.2) is 43.5 Å². The molecule has 0 atom stereocenters. The van der Waals surface area contributed by atoms with E-state index in [9.17, 15) is 5.11 Å². The Balaban J connectivity index is 0.00000280. The molecule has 8 heteroatoms. The van der Waals surface area contributed by atoms with Crippen molar-refractivity contribution in [2.45, 2.75) is 20.0 Å². The summed E-state index contributed by atoms with van der Waals surface area (Å²) >= 11 is 0. The predicted molar refractivity (Wildman–Crippen MR) is 119 cm³/mol. The molecule has 0 saturated heterocycles. The van der Waals surface area contributed by atoms with E-state index in [1.165, 1.54) is 7.11 Å². The summed E-state index contributed by atoms with van der Waals surface area (Å²) in [6.45, 7) is 4.04. The van der Waals surface area contributed by atoms with Crippen molar-refractivity contribution >= 4 is 29.9 Å². The van der Waals surface area contributed by atoms with E-state index < -0.39 is 0 Å². The number of phenols is 1. The Morgan fingerprint density at radius 1 is 1.25 bits per heavy atom.